The smallest absolute Gasteiger partial charge is 0.0965 e. The average molecular weight is 284 g/mol. The summed E-state index contributed by atoms with van der Waals surface area (Å²) in [7, 11) is 0. The van der Waals surface area contributed by atoms with Crippen LogP contribution in [0.2, 0.25) is 10.0 Å². The van der Waals surface area contributed by atoms with Crippen molar-refractivity contribution in [2.24, 2.45) is 0 Å². The molecule has 4 heteroatoms. The summed E-state index contributed by atoms with van der Waals surface area (Å²) in [5.41, 5.74) is 1.15. The lowest BCUT2D eigenvalue weighted by molar-refractivity contribution is 1.06. The van der Waals surface area contributed by atoms with Gasteiger partial charge in [-0.1, -0.05) is 47.1 Å². The highest BCUT2D eigenvalue weighted by Crippen LogP contribution is 2.35. The van der Waals surface area contributed by atoms with Gasteiger partial charge in [-0.3, -0.25) is 0 Å². The number of aromatic nitrogens is 1. The molecule has 0 aliphatic heterocycles. The van der Waals surface area contributed by atoms with Crippen LogP contribution in [0.3, 0.4) is 0 Å². The van der Waals surface area contributed by atoms with E-state index in [1.807, 2.05) is 36.4 Å². The van der Waals surface area contributed by atoms with Crippen LogP contribution in [0, 0.1) is 0 Å². The van der Waals surface area contributed by atoms with Crippen LogP contribution in [-0.4, -0.2) is 4.98 Å². The van der Waals surface area contributed by atoms with E-state index < -0.39 is 0 Å². The first kappa shape index (κ1) is 12.7. The number of rotatable bonds is 3. The second-order valence-electron chi connectivity index (χ2n) is 3.60. The van der Waals surface area contributed by atoms with Crippen molar-refractivity contribution in [3.8, 4) is 0 Å². The van der Waals surface area contributed by atoms with E-state index in [1.165, 1.54) is 0 Å². The molecular weight excluding hydrogens is 273 g/mol. The number of thioether (sulfide) groups is 1. The fraction of sp³-hybridized carbons (Fsp3) is 0.154. The fourth-order valence-electron chi connectivity index (χ4n) is 1.43. The van der Waals surface area contributed by atoms with Crippen LogP contribution in [0.15, 0.2) is 47.6 Å². The Bertz CT molecular complexity index is 502. The molecule has 1 aromatic carbocycles. The molecule has 17 heavy (non-hydrogen) atoms. The second kappa shape index (κ2) is 5.76. The summed E-state index contributed by atoms with van der Waals surface area (Å²) in [6, 6.07) is 11.6. The van der Waals surface area contributed by atoms with E-state index in [-0.39, 0.29) is 0 Å². The molecule has 1 nitrogen and oxygen atoms in total. The van der Waals surface area contributed by atoms with E-state index in [9.17, 15) is 0 Å². The summed E-state index contributed by atoms with van der Waals surface area (Å²) in [5.74, 6) is 0. The van der Waals surface area contributed by atoms with E-state index in [0.717, 1.165) is 10.6 Å². The number of hydrogen-bond acceptors (Lipinski definition) is 2. The Hall–Kier alpha value is -0.700. The molecule has 1 heterocycles. The Morgan fingerprint density at radius 1 is 1.12 bits per heavy atom. The van der Waals surface area contributed by atoms with Crippen LogP contribution in [0.1, 0.15) is 17.7 Å². The summed E-state index contributed by atoms with van der Waals surface area (Å²) in [6.45, 7) is 2.12. The van der Waals surface area contributed by atoms with E-state index in [0.29, 0.717) is 15.3 Å². The maximum Gasteiger partial charge on any atom is 0.0965 e. The van der Waals surface area contributed by atoms with Gasteiger partial charge in [-0.2, -0.15) is 0 Å². The molecule has 0 saturated carbocycles. The summed E-state index contributed by atoms with van der Waals surface area (Å²) in [4.78, 5) is 4.29. The van der Waals surface area contributed by atoms with Gasteiger partial charge in [-0.25, -0.2) is 4.98 Å². The quantitative estimate of drug-likeness (QED) is 0.715. The van der Waals surface area contributed by atoms with Crippen molar-refractivity contribution in [2.75, 3.05) is 0 Å². The predicted molar refractivity (Wildman–Crippen MR) is 75.0 cm³/mol. The van der Waals surface area contributed by atoms with Gasteiger partial charge in [0, 0.05) is 11.4 Å². The lowest BCUT2D eigenvalue weighted by Crippen LogP contribution is -1.89. The van der Waals surface area contributed by atoms with Gasteiger partial charge in [0.25, 0.3) is 0 Å². The van der Waals surface area contributed by atoms with Crippen molar-refractivity contribution in [1.29, 1.82) is 0 Å². The zero-order valence-corrected chi connectivity index (χ0v) is 11.6. The highest BCUT2D eigenvalue weighted by Gasteiger charge is 2.09. The molecule has 0 radical (unpaired) electrons. The first-order chi connectivity index (χ1) is 8.16. The molecule has 1 aromatic heterocycles. The lowest BCUT2D eigenvalue weighted by atomic mass is 10.2. The van der Waals surface area contributed by atoms with Crippen LogP contribution in [0.25, 0.3) is 0 Å². The number of halogens is 2. The van der Waals surface area contributed by atoms with Crippen molar-refractivity contribution >= 4 is 35.0 Å². The Morgan fingerprint density at radius 3 is 2.59 bits per heavy atom. The van der Waals surface area contributed by atoms with Gasteiger partial charge in [0.15, 0.2) is 0 Å². The zero-order valence-electron chi connectivity index (χ0n) is 9.23. The van der Waals surface area contributed by atoms with Gasteiger partial charge < -0.3 is 0 Å². The van der Waals surface area contributed by atoms with Crippen molar-refractivity contribution < 1.29 is 0 Å². The molecule has 0 aliphatic rings. The summed E-state index contributed by atoms with van der Waals surface area (Å²) in [6.07, 6.45) is 1.80. The SMILES string of the molecule is CC(Sc1ccccn1)c1ccc(Cl)c(Cl)c1. The second-order valence-corrected chi connectivity index (χ2v) is 5.78. The van der Waals surface area contributed by atoms with Crippen LogP contribution in [-0.2, 0) is 0 Å². The molecule has 0 saturated heterocycles. The summed E-state index contributed by atoms with van der Waals surface area (Å²) >= 11 is 13.6. The Kier molecular flexibility index (Phi) is 4.32. The van der Waals surface area contributed by atoms with Crippen LogP contribution in [0.5, 0.6) is 0 Å². The number of benzene rings is 1. The van der Waals surface area contributed by atoms with Gasteiger partial charge in [-0.05, 0) is 36.8 Å². The Labute approximate surface area is 115 Å². The minimum atomic E-state index is 0.291. The molecule has 2 rings (SSSR count). The molecule has 0 N–H and O–H groups in total. The van der Waals surface area contributed by atoms with Crippen molar-refractivity contribution in [3.63, 3.8) is 0 Å². The molecule has 0 spiro atoms. The van der Waals surface area contributed by atoms with Gasteiger partial charge in [-0.15, -0.1) is 0 Å². The van der Waals surface area contributed by atoms with Crippen molar-refractivity contribution in [1.82, 2.24) is 4.98 Å². The van der Waals surface area contributed by atoms with Gasteiger partial charge in [0.2, 0.25) is 0 Å². The van der Waals surface area contributed by atoms with Gasteiger partial charge in [0.05, 0.1) is 15.1 Å². The molecular formula is C13H11Cl2NS. The summed E-state index contributed by atoms with van der Waals surface area (Å²) < 4.78 is 0. The van der Waals surface area contributed by atoms with Crippen LogP contribution < -0.4 is 0 Å². The van der Waals surface area contributed by atoms with Crippen LogP contribution in [0.4, 0.5) is 0 Å². The van der Waals surface area contributed by atoms with Crippen LogP contribution >= 0.6 is 35.0 Å². The average Bonchev–Trinajstić information content (AvgIpc) is 2.34. The molecule has 0 fully saturated rings. The zero-order chi connectivity index (χ0) is 12.3. The monoisotopic (exact) mass is 283 g/mol. The van der Waals surface area contributed by atoms with E-state index >= 15 is 0 Å². The molecule has 1 unspecified atom stereocenters. The first-order valence-electron chi connectivity index (χ1n) is 5.19. The molecule has 0 aliphatic carbocycles. The molecule has 88 valence electrons. The Balaban J connectivity index is 2.14. The lowest BCUT2D eigenvalue weighted by Gasteiger charge is -2.11. The van der Waals surface area contributed by atoms with Gasteiger partial charge in [0.1, 0.15) is 0 Å². The highest BCUT2D eigenvalue weighted by atomic mass is 35.5. The molecule has 0 amide bonds. The van der Waals surface area contributed by atoms with E-state index in [2.05, 4.69) is 11.9 Å². The molecule has 0 bridgehead atoms. The Morgan fingerprint density at radius 2 is 1.94 bits per heavy atom. The first-order valence-corrected chi connectivity index (χ1v) is 6.83. The third kappa shape index (κ3) is 3.38. The van der Waals surface area contributed by atoms with Crippen molar-refractivity contribution in [3.05, 3.63) is 58.2 Å². The van der Waals surface area contributed by atoms with E-state index in [4.69, 9.17) is 23.2 Å². The number of hydrogen-bond donors (Lipinski definition) is 0. The molecule has 1 atom stereocenters. The standard InChI is InChI=1S/C13H11Cl2NS/c1-9(17-13-4-2-3-7-16-13)10-5-6-11(14)12(15)8-10/h2-9H,1H3. The minimum Gasteiger partial charge on any atom is -0.250 e. The normalized spacial score (nSPS) is 12.4. The van der Waals surface area contributed by atoms with E-state index in [1.54, 1.807) is 18.0 Å². The van der Waals surface area contributed by atoms with Crippen molar-refractivity contribution in [2.45, 2.75) is 17.2 Å². The molecule has 2 aromatic rings. The van der Waals surface area contributed by atoms with Gasteiger partial charge >= 0.3 is 0 Å². The topological polar surface area (TPSA) is 12.9 Å². The third-order valence-electron chi connectivity index (χ3n) is 2.35. The largest absolute Gasteiger partial charge is 0.250 e. The minimum absolute atomic E-state index is 0.291. The number of nitrogens with zero attached hydrogens (tertiary/aromatic N) is 1. The highest BCUT2D eigenvalue weighted by molar-refractivity contribution is 7.99. The predicted octanol–water partition coefficient (Wildman–Crippen LogP) is 5.24. The maximum absolute atomic E-state index is 6.00. The maximum atomic E-state index is 6.00. The fourth-order valence-corrected chi connectivity index (χ4v) is 2.66. The third-order valence-corrected chi connectivity index (χ3v) is 4.20. The number of pyridine rings is 1. The summed E-state index contributed by atoms with van der Waals surface area (Å²) in [5, 5.41) is 2.48.